The summed E-state index contributed by atoms with van der Waals surface area (Å²) in [6, 6.07) is 14.9. The van der Waals surface area contributed by atoms with Crippen molar-refractivity contribution in [2.75, 3.05) is 12.4 Å². The molecule has 2 aromatic carbocycles. The summed E-state index contributed by atoms with van der Waals surface area (Å²) in [5.41, 5.74) is 0.697. The molecule has 2 aromatic heterocycles. The van der Waals surface area contributed by atoms with Crippen LogP contribution in [0.4, 0.5) is 10.3 Å². The first-order valence-corrected chi connectivity index (χ1v) is 8.72. The molecule has 1 atom stereocenters. The number of para-hydroxylation sites is 1. The van der Waals surface area contributed by atoms with Crippen LogP contribution in [-0.2, 0) is 0 Å². The summed E-state index contributed by atoms with van der Waals surface area (Å²) in [5, 5.41) is 4.15. The molecule has 28 heavy (non-hydrogen) atoms. The summed E-state index contributed by atoms with van der Waals surface area (Å²) in [6.45, 7) is 1.95. The molecular formula is C21H18FN3O3. The van der Waals surface area contributed by atoms with E-state index in [0.717, 1.165) is 11.1 Å². The van der Waals surface area contributed by atoms with Gasteiger partial charge in [0.2, 0.25) is 11.8 Å². The van der Waals surface area contributed by atoms with Gasteiger partial charge in [0.15, 0.2) is 11.3 Å². The first kappa shape index (κ1) is 17.8. The van der Waals surface area contributed by atoms with Crippen molar-refractivity contribution < 1.29 is 18.3 Å². The molecule has 1 N–H and O–H groups in total. The van der Waals surface area contributed by atoms with Gasteiger partial charge in [0.1, 0.15) is 17.3 Å². The Hall–Kier alpha value is -3.61. The number of hydrogen-bond acceptors (Lipinski definition) is 6. The van der Waals surface area contributed by atoms with Gasteiger partial charge in [0.25, 0.3) is 0 Å². The monoisotopic (exact) mass is 379 g/mol. The molecule has 0 saturated carbocycles. The number of aromatic nitrogens is 2. The van der Waals surface area contributed by atoms with E-state index in [1.807, 2.05) is 31.2 Å². The van der Waals surface area contributed by atoms with Crippen LogP contribution in [0, 0.1) is 5.82 Å². The Morgan fingerprint density at radius 2 is 1.93 bits per heavy atom. The highest BCUT2D eigenvalue weighted by Crippen LogP contribution is 2.31. The smallest absolute Gasteiger partial charge is 0.226 e. The standard InChI is InChI=1S/C21H18FN3O3/c1-13(18-12-14-4-3-5-17(26-2)20(14)28-18)24-21-23-11-10-19(25-21)27-16-8-6-15(22)7-9-16/h3-13H,1-2H3,(H,23,24,25). The Morgan fingerprint density at radius 3 is 2.71 bits per heavy atom. The number of benzene rings is 2. The molecule has 0 aliphatic rings. The highest BCUT2D eigenvalue weighted by atomic mass is 19.1. The predicted molar refractivity (Wildman–Crippen MR) is 103 cm³/mol. The van der Waals surface area contributed by atoms with Crippen molar-refractivity contribution >= 4 is 16.9 Å². The van der Waals surface area contributed by atoms with Crippen molar-refractivity contribution in [3.63, 3.8) is 0 Å². The fraction of sp³-hybridized carbons (Fsp3) is 0.143. The van der Waals surface area contributed by atoms with E-state index < -0.39 is 0 Å². The molecule has 0 aliphatic carbocycles. The molecule has 6 nitrogen and oxygen atoms in total. The van der Waals surface area contributed by atoms with E-state index in [2.05, 4.69) is 15.3 Å². The zero-order valence-electron chi connectivity index (χ0n) is 15.3. The van der Waals surface area contributed by atoms with Gasteiger partial charge in [0, 0.05) is 17.6 Å². The Kier molecular flexibility index (Phi) is 4.80. The van der Waals surface area contributed by atoms with Crippen molar-refractivity contribution in [1.29, 1.82) is 0 Å². The van der Waals surface area contributed by atoms with E-state index in [-0.39, 0.29) is 11.9 Å². The molecule has 7 heteroatoms. The normalized spacial score (nSPS) is 12.0. The Labute approximate surface area is 160 Å². The fourth-order valence-corrected chi connectivity index (χ4v) is 2.79. The number of nitrogens with one attached hydrogen (secondary N) is 1. The fourth-order valence-electron chi connectivity index (χ4n) is 2.79. The number of nitrogens with zero attached hydrogens (tertiary/aromatic N) is 2. The second-order valence-corrected chi connectivity index (χ2v) is 6.17. The SMILES string of the molecule is COc1cccc2cc(C(C)Nc3nccc(Oc4ccc(F)cc4)n3)oc12. The number of rotatable bonds is 6. The van der Waals surface area contributed by atoms with E-state index in [4.69, 9.17) is 13.9 Å². The molecule has 4 aromatic rings. The highest BCUT2D eigenvalue weighted by Gasteiger charge is 2.15. The van der Waals surface area contributed by atoms with Gasteiger partial charge in [-0.05, 0) is 43.3 Å². The Morgan fingerprint density at radius 1 is 1.11 bits per heavy atom. The number of methoxy groups -OCH3 is 1. The quantitative estimate of drug-likeness (QED) is 0.488. The minimum atomic E-state index is -0.325. The van der Waals surface area contributed by atoms with Crippen LogP contribution in [0.3, 0.4) is 0 Å². The van der Waals surface area contributed by atoms with Gasteiger partial charge in [-0.15, -0.1) is 0 Å². The molecule has 0 fully saturated rings. The molecule has 0 amide bonds. The minimum absolute atomic E-state index is 0.182. The molecule has 142 valence electrons. The van der Waals surface area contributed by atoms with Gasteiger partial charge in [-0.25, -0.2) is 9.37 Å². The van der Waals surface area contributed by atoms with Gasteiger partial charge >= 0.3 is 0 Å². The number of anilines is 1. The topological polar surface area (TPSA) is 69.4 Å². The predicted octanol–water partition coefficient (Wildman–Crippen LogP) is 5.34. The minimum Gasteiger partial charge on any atom is -0.493 e. The third-order valence-electron chi connectivity index (χ3n) is 4.19. The summed E-state index contributed by atoms with van der Waals surface area (Å²) >= 11 is 0. The third-order valence-corrected chi connectivity index (χ3v) is 4.19. The number of ether oxygens (including phenoxy) is 2. The third kappa shape index (κ3) is 3.73. The second kappa shape index (κ2) is 7.56. The average molecular weight is 379 g/mol. The first-order valence-electron chi connectivity index (χ1n) is 8.72. The van der Waals surface area contributed by atoms with Crippen molar-refractivity contribution in [1.82, 2.24) is 9.97 Å². The van der Waals surface area contributed by atoms with Crippen LogP contribution in [-0.4, -0.2) is 17.1 Å². The lowest BCUT2D eigenvalue weighted by Crippen LogP contribution is -2.08. The maximum absolute atomic E-state index is 13.0. The van der Waals surface area contributed by atoms with Crippen LogP contribution in [0.25, 0.3) is 11.0 Å². The van der Waals surface area contributed by atoms with Crippen LogP contribution in [0.15, 0.2) is 65.2 Å². The molecular weight excluding hydrogens is 361 g/mol. The molecule has 0 aliphatic heterocycles. The van der Waals surface area contributed by atoms with Gasteiger partial charge in [0.05, 0.1) is 13.2 Å². The number of hydrogen-bond donors (Lipinski definition) is 1. The number of halogens is 1. The van der Waals surface area contributed by atoms with E-state index in [9.17, 15) is 4.39 Å². The highest BCUT2D eigenvalue weighted by molar-refractivity contribution is 5.83. The first-order chi connectivity index (χ1) is 13.6. The van der Waals surface area contributed by atoms with E-state index in [1.165, 1.54) is 24.3 Å². The van der Waals surface area contributed by atoms with Crippen molar-refractivity contribution in [3.05, 3.63) is 72.4 Å². The maximum Gasteiger partial charge on any atom is 0.226 e. The largest absolute Gasteiger partial charge is 0.493 e. The summed E-state index contributed by atoms with van der Waals surface area (Å²) in [6.07, 6.45) is 1.59. The molecule has 0 radical (unpaired) electrons. The van der Waals surface area contributed by atoms with E-state index >= 15 is 0 Å². The molecule has 0 bridgehead atoms. The summed E-state index contributed by atoms with van der Waals surface area (Å²) in [5.74, 6) is 2.31. The van der Waals surface area contributed by atoms with Crippen molar-refractivity contribution in [2.24, 2.45) is 0 Å². The summed E-state index contributed by atoms with van der Waals surface area (Å²) in [4.78, 5) is 8.56. The van der Waals surface area contributed by atoms with Crippen LogP contribution < -0.4 is 14.8 Å². The lowest BCUT2D eigenvalue weighted by Gasteiger charge is -2.12. The molecule has 0 spiro atoms. The van der Waals surface area contributed by atoms with Gasteiger partial charge in [-0.2, -0.15) is 4.98 Å². The lowest BCUT2D eigenvalue weighted by molar-refractivity contribution is 0.406. The van der Waals surface area contributed by atoms with Crippen LogP contribution in [0.1, 0.15) is 18.7 Å². The zero-order chi connectivity index (χ0) is 19.5. The van der Waals surface area contributed by atoms with Crippen LogP contribution >= 0.6 is 0 Å². The Bertz CT molecular complexity index is 1100. The summed E-state index contributed by atoms with van der Waals surface area (Å²) in [7, 11) is 1.61. The van der Waals surface area contributed by atoms with Gasteiger partial charge in [-0.1, -0.05) is 12.1 Å². The summed E-state index contributed by atoms with van der Waals surface area (Å²) < 4.78 is 29.9. The maximum atomic E-state index is 13.0. The molecule has 4 rings (SSSR count). The van der Waals surface area contributed by atoms with Crippen molar-refractivity contribution in [3.8, 4) is 17.4 Å². The lowest BCUT2D eigenvalue weighted by atomic mass is 10.2. The molecule has 2 heterocycles. The van der Waals surface area contributed by atoms with Crippen molar-refractivity contribution in [2.45, 2.75) is 13.0 Å². The van der Waals surface area contributed by atoms with Crippen LogP contribution in [0.2, 0.25) is 0 Å². The molecule has 1 unspecified atom stereocenters. The van der Waals surface area contributed by atoms with Gasteiger partial charge < -0.3 is 19.2 Å². The zero-order valence-corrected chi connectivity index (χ0v) is 15.3. The number of fused-ring (bicyclic) bond motifs is 1. The van der Waals surface area contributed by atoms with Gasteiger partial charge in [-0.3, -0.25) is 0 Å². The molecule has 0 saturated heterocycles. The number of furan rings is 1. The second-order valence-electron chi connectivity index (χ2n) is 6.17. The Balaban J connectivity index is 1.51. The van der Waals surface area contributed by atoms with E-state index in [1.54, 1.807) is 19.4 Å². The van der Waals surface area contributed by atoms with E-state index in [0.29, 0.717) is 28.9 Å². The van der Waals surface area contributed by atoms with Crippen LogP contribution in [0.5, 0.6) is 17.4 Å². The average Bonchev–Trinajstić information content (AvgIpc) is 3.15.